The first-order valence-corrected chi connectivity index (χ1v) is 11.8. The Morgan fingerprint density at radius 2 is 1.97 bits per heavy atom. The molecule has 5 atom stereocenters. The number of fused-ring (bicyclic) bond motifs is 1. The normalized spacial score (nSPS) is 29.1. The summed E-state index contributed by atoms with van der Waals surface area (Å²) in [5, 5.41) is 10.1. The first-order chi connectivity index (χ1) is 16.3. The smallest absolute Gasteiger partial charge is 0.253 e. The number of carbonyl (C=O) groups is 3. The number of aliphatic hydroxyl groups is 1. The van der Waals surface area contributed by atoms with E-state index >= 15 is 0 Å². The van der Waals surface area contributed by atoms with E-state index in [1.54, 1.807) is 43.5 Å². The van der Waals surface area contributed by atoms with Crippen LogP contribution in [-0.2, 0) is 19.1 Å². The molecule has 3 fully saturated rings. The van der Waals surface area contributed by atoms with Crippen LogP contribution in [0.5, 0.6) is 0 Å². The number of nitrogens with zero attached hydrogens (tertiary/aromatic N) is 3. The number of benzene rings is 1. The summed E-state index contributed by atoms with van der Waals surface area (Å²) in [6.45, 7) is 7.63. The van der Waals surface area contributed by atoms with Crippen LogP contribution in [0.15, 0.2) is 49.6 Å². The monoisotopic (exact) mass is 487 g/mol. The molecule has 1 N–H and O–H groups in total. The Morgan fingerprint density at radius 3 is 2.62 bits per heavy atom. The van der Waals surface area contributed by atoms with Gasteiger partial charge in [0.25, 0.3) is 5.91 Å². The van der Waals surface area contributed by atoms with Crippen molar-refractivity contribution in [3.63, 3.8) is 0 Å². The molecule has 0 saturated carbocycles. The third-order valence-corrected chi connectivity index (χ3v) is 7.48. The highest BCUT2D eigenvalue weighted by Crippen LogP contribution is 2.59. The van der Waals surface area contributed by atoms with Crippen LogP contribution in [0.4, 0.5) is 5.69 Å². The summed E-state index contributed by atoms with van der Waals surface area (Å²) < 4.78 is 6.40. The van der Waals surface area contributed by atoms with Gasteiger partial charge in [0.2, 0.25) is 11.8 Å². The Labute approximate surface area is 204 Å². The van der Waals surface area contributed by atoms with Crippen LogP contribution >= 0.6 is 11.6 Å². The molecule has 1 aromatic rings. The van der Waals surface area contributed by atoms with Gasteiger partial charge in [0.15, 0.2) is 0 Å². The molecule has 4 rings (SSSR count). The number of hydrogen-bond donors (Lipinski definition) is 1. The van der Waals surface area contributed by atoms with Crippen LogP contribution in [0.3, 0.4) is 0 Å². The Balaban J connectivity index is 1.76. The molecule has 9 heteroatoms. The Bertz CT molecular complexity index is 1020. The largest absolute Gasteiger partial charge is 0.395 e. The number of rotatable bonds is 9. The average Bonchev–Trinajstić information content (AvgIpc) is 3.45. The molecule has 2 bridgehead atoms. The van der Waals surface area contributed by atoms with Gasteiger partial charge in [-0.05, 0) is 25.0 Å². The first-order valence-electron chi connectivity index (χ1n) is 11.4. The van der Waals surface area contributed by atoms with Crippen LogP contribution in [0.1, 0.15) is 12.8 Å². The van der Waals surface area contributed by atoms with Crippen LogP contribution in [-0.4, -0.2) is 83.7 Å². The van der Waals surface area contributed by atoms with Crippen LogP contribution in [0, 0.1) is 11.8 Å². The number of likely N-dealkylation sites (N-methyl/N-ethyl adjacent to an activating group) is 1. The highest BCUT2D eigenvalue weighted by atomic mass is 35.5. The zero-order chi connectivity index (χ0) is 24.6. The fourth-order valence-corrected chi connectivity index (χ4v) is 6.09. The van der Waals surface area contributed by atoms with Crippen molar-refractivity contribution >= 4 is 35.0 Å². The zero-order valence-corrected chi connectivity index (χ0v) is 20.0. The van der Waals surface area contributed by atoms with Gasteiger partial charge in [-0.3, -0.25) is 14.4 Å². The van der Waals surface area contributed by atoms with E-state index in [0.717, 1.165) is 0 Å². The molecule has 3 aliphatic rings. The second-order valence-electron chi connectivity index (χ2n) is 9.01. The zero-order valence-electron chi connectivity index (χ0n) is 19.2. The lowest BCUT2D eigenvalue weighted by atomic mass is 9.70. The van der Waals surface area contributed by atoms with Crippen molar-refractivity contribution in [3.8, 4) is 0 Å². The maximum atomic E-state index is 14.1. The van der Waals surface area contributed by atoms with E-state index in [0.29, 0.717) is 30.1 Å². The van der Waals surface area contributed by atoms with E-state index in [-0.39, 0.29) is 37.4 Å². The highest BCUT2D eigenvalue weighted by Gasteiger charge is 2.74. The van der Waals surface area contributed by atoms with E-state index in [2.05, 4.69) is 13.2 Å². The van der Waals surface area contributed by atoms with Crippen LogP contribution in [0.2, 0.25) is 5.02 Å². The van der Waals surface area contributed by atoms with E-state index in [9.17, 15) is 19.5 Å². The van der Waals surface area contributed by atoms with Crippen molar-refractivity contribution in [3.05, 3.63) is 54.6 Å². The second kappa shape index (κ2) is 9.52. The molecular weight excluding hydrogens is 458 g/mol. The minimum atomic E-state index is -1.13. The predicted molar refractivity (Wildman–Crippen MR) is 128 cm³/mol. The lowest BCUT2D eigenvalue weighted by Crippen LogP contribution is -2.57. The summed E-state index contributed by atoms with van der Waals surface area (Å²) in [5.41, 5.74) is -0.638. The Hall–Kier alpha value is -2.68. The number of halogens is 1. The maximum Gasteiger partial charge on any atom is 0.253 e. The van der Waals surface area contributed by atoms with Crippen LogP contribution in [0.25, 0.3) is 0 Å². The summed E-state index contributed by atoms with van der Waals surface area (Å²) in [5.74, 6) is -2.37. The summed E-state index contributed by atoms with van der Waals surface area (Å²) in [6, 6.07) is 5.98. The number of ether oxygens (including phenoxy) is 1. The number of anilines is 1. The molecule has 0 radical (unpaired) electrons. The SMILES string of the molecule is C=CCN(C)C(=O)[C@@H]1[C@H]2C(=O)N(CCO)C(C(=O)N(CC=C)c3ccccc3Cl)C23CC[C@H]1O3. The van der Waals surface area contributed by atoms with Crippen molar-refractivity contribution < 1.29 is 24.2 Å². The summed E-state index contributed by atoms with van der Waals surface area (Å²) >= 11 is 6.41. The van der Waals surface area contributed by atoms with Gasteiger partial charge in [-0.2, -0.15) is 0 Å². The third-order valence-electron chi connectivity index (χ3n) is 7.16. The van der Waals surface area contributed by atoms with Gasteiger partial charge in [-0.15, -0.1) is 13.2 Å². The maximum absolute atomic E-state index is 14.1. The second-order valence-corrected chi connectivity index (χ2v) is 9.41. The molecule has 0 aliphatic carbocycles. The first kappa shape index (κ1) is 24.4. The molecule has 3 heterocycles. The third kappa shape index (κ3) is 3.65. The Kier molecular flexibility index (Phi) is 6.85. The highest BCUT2D eigenvalue weighted by molar-refractivity contribution is 6.34. The molecule has 2 unspecified atom stereocenters. The standard InChI is InChI=1S/C25H30ClN3O5/c1-4-12-27(3)22(31)19-18-10-11-25(34-18)20(19)23(32)29(14-15-30)21(25)24(33)28(13-5-2)17-9-7-6-8-16(17)26/h4-9,18-21,30H,1-2,10-15H2,3H3/t18-,19+,20+,21?,25?/m1/s1. The van der Waals surface area contributed by atoms with E-state index in [1.807, 2.05) is 0 Å². The Morgan fingerprint density at radius 1 is 1.26 bits per heavy atom. The summed E-state index contributed by atoms with van der Waals surface area (Å²) in [6.07, 6.45) is 3.83. The van der Waals surface area contributed by atoms with Crippen LogP contribution < -0.4 is 4.90 Å². The van der Waals surface area contributed by atoms with Gasteiger partial charge in [0, 0.05) is 26.7 Å². The minimum Gasteiger partial charge on any atom is -0.395 e. The number of hydrogen-bond acceptors (Lipinski definition) is 5. The molecule has 182 valence electrons. The summed E-state index contributed by atoms with van der Waals surface area (Å²) in [7, 11) is 1.67. The molecule has 8 nitrogen and oxygen atoms in total. The topological polar surface area (TPSA) is 90.4 Å². The fourth-order valence-electron chi connectivity index (χ4n) is 5.85. The van der Waals surface area contributed by atoms with E-state index < -0.39 is 29.6 Å². The average molecular weight is 488 g/mol. The molecule has 3 aliphatic heterocycles. The van der Waals surface area contributed by atoms with E-state index in [4.69, 9.17) is 16.3 Å². The quantitative estimate of drug-likeness (QED) is 0.537. The molecule has 3 amide bonds. The minimum absolute atomic E-state index is 0.0324. The number of carbonyl (C=O) groups excluding carboxylic acids is 3. The summed E-state index contributed by atoms with van der Waals surface area (Å²) in [4.78, 5) is 45.5. The lowest BCUT2D eigenvalue weighted by molar-refractivity contribution is -0.144. The molecular formula is C25H30ClN3O5. The number of amides is 3. The van der Waals surface area contributed by atoms with Crippen molar-refractivity contribution in [2.75, 3.05) is 38.2 Å². The molecule has 1 spiro atoms. The molecule has 3 saturated heterocycles. The van der Waals surface area contributed by atoms with Gasteiger partial charge in [-0.1, -0.05) is 35.9 Å². The predicted octanol–water partition coefficient (Wildman–Crippen LogP) is 1.87. The number of para-hydroxylation sites is 1. The molecule has 1 aromatic carbocycles. The van der Waals surface area contributed by atoms with Crippen molar-refractivity contribution in [1.29, 1.82) is 0 Å². The number of aliphatic hydroxyl groups excluding tert-OH is 1. The molecule has 34 heavy (non-hydrogen) atoms. The lowest BCUT2D eigenvalue weighted by Gasteiger charge is -2.37. The fraction of sp³-hybridized carbons (Fsp3) is 0.480. The van der Waals surface area contributed by atoms with Crippen molar-refractivity contribution in [1.82, 2.24) is 9.80 Å². The van der Waals surface area contributed by atoms with Crippen molar-refractivity contribution in [2.45, 2.75) is 30.6 Å². The van der Waals surface area contributed by atoms with Crippen molar-refractivity contribution in [2.24, 2.45) is 11.8 Å². The van der Waals surface area contributed by atoms with Gasteiger partial charge in [0.05, 0.1) is 35.3 Å². The molecule has 0 aromatic heterocycles. The van der Waals surface area contributed by atoms with Gasteiger partial charge in [-0.25, -0.2) is 0 Å². The number of β-amino-alcohol motifs (C(OH)–C–C–N with tert-alkyl or cyclic N) is 1. The van der Waals surface area contributed by atoms with E-state index in [1.165, 1.54) is 14.7 Å². The van der Waals surface area contributed by atoms with Gasteiger partial charge < -0.3 is 24.5 Å². The number of likely N-dealkylation sites (tertiary alicyclic amines) is 1. The van der Waals surface area contributed by atoms with Gasteiger partial charge >= 0.3 is 0 Å². The van der Waals surface area contributed by atoms with Gasteiger partial charge in [0.1, 0.15) is 11.6 Å².